The average molecular weight is 305 g/mol. The molecule has 1 fully saturated rings. The molecule has 0 saturated heterocycles. The van der Waals surface area contributed by atoms with E-state index in [-0.39, 0.29) is 18.1 Å². The third-order valence-corrected chi connectivity index (χ3v) is 4.32. The summed E-state index contributed by atoms with van der Waals surface area (Å²) in [6.45, 7) is 0. The van der Waals surface area contributed by atoms with Gasteiger partial charge in [-0.25, -0.2) is 4.98 Å². The molecule has 1 aromatic heterocycles. The van der Waals surface area contributed by atoms with E-state index in [1.54, 1.807) is 0 Å². The first-order valence-corrected chi connectivity index (χ1v) is 7.55. The number of amides is 1. The molecule has 0 spiro atoms. The molecule has 1 aliphatic rings. The number of aromatic nitrogens is 1. The molecule has 2 aromatic rings. The molecule has 1 heterocycles. The Hall–Kier alpha value is -1.65. The van der Waals surface area contributed by atoms with Crippen molar-refractivity contribution in [2.24, 2.45) is 0 Å². The number of hydrogen-bond acceptors (Lipinski definition) is 3. The Kier molecular flexibility index (Phi) is 4.08. The summed E-state index contributed by atoms with van der Waals surface area (Å²) in [5, 5.41) is 14.5. The summed E-state index contributed by atoms with van der Waals surface area (Å²) in [6.07, 6.45) is 4.40. The number of benzene rings is 1. The van der Waals surface area contributed by atoms with Crippen molar-refractivity contribution in [3.05, 3.63) is 41.2 Å². The van der Waals surface area contributed by atoms with E-state index in [1.165, 1.54) is 6.20 Å². The number of halogens is 1. The SMILES string of the molecule is O=C(NC1CCC(O)CC1)c1cnc(Cl)c2ccccc12. The zero-order valence-corrected chi connectivity index (χ0v) is 12.3. The van der Waals surface area contributed by atoms with Crippen molar-refractivity contribution in [1.29, 1.82) is 0 Å². The number of carbonyl (C=O) groups is 1. The summed E-state index contributed by atoms with van der Waals surface area (Å²) >= 11 is 6.07. The lowest BCUT2D eigenvalue weighted by Gasteiger charge is -2.26. The van der Waals surface area contributed by atoms with E-state index in [1.807, 2.05) is 24.3 Å². The van der Waals surface area contributed by atoms with E-state index in [0.29, 0.717) is 10.7 Å². The van der Waals surface area contributed by atoms with Gasteiger partial charge in [-0.1, -0.05) is 35.9 Å². The molecule has 1 amide bonds. The third-order valence-electron chi connectivity index (χ3n) is 4.02. The number of fused-ring (bicyclic) bond motifs is 1. The number of hydrogen-bond donors (Lipinski definition) is 2. The highest BCUT2D eigenvalue weighted by Crippen LogP contribution is 2.25. The number of aliphatic hydroxyl groups is 1. The van der Waals surface area contributed by atoms with Crippen LogP contribution in [0.2, 0.25) is 5.15 Å². The fourth-order valence-corrected chi connectivity index (χ4v) is 3.04. The lowest BCUT2D eigenvalue weighted by Crippen LogP contribution is -2.38. The van der Waals surface area contributed by atoms with Gasteiger partial charge in [0.05, 0.1) is 11.7 Å². The van der Waals surface area contributed by atoms with E-state index >= 15 is 0 Å². The van der Waals surface area contributed by atoms with Gasteiger partial charge in [0, 0.05) is 17.6 Å². The van der Waals surface area contributed by atoms with Gasteiger partial charge in [-0.05, 0) is 31.1 Å². The average Bonchev–Trinajstić information content (AvgIpc) is 2.50. The number of carbonyl (C=O) groups excluding carboxylic acids is 1. The monoisotopic (exact) mass is 304 g/mol. The number of nitrogens with zero attached hydrogens (tertiary/aromatic N) is 1. The Balaban J connectivity index is 1.83. The normalized spacial score (nSPS) is 22.2. The highest BCUT2D eigenvalue weighted by molar-refractivity contribution is 6.34. The quantitative estimate of drug-likeness (QED) is 0.839. The predicted molar refractivity (Wildman–Crippen MR) is 82.5 cm³/mol. The first-order valence-electron chi connectivity index (χ1n) is 7.17. The minimum Gasteiger partial charge on any atom is -0.393 e. The Bertz CT molecular complexity index is 666. The van der Waals surface area contributed by atoms with E-state index in [9.17, 15) is 9.90 Å². The standard InChI is InChI=1S/C16H17ClN2O2/c17-15-13-4-2-1-3-12(13)14(9-18-15)16(21)19-10-5-7-11(20)8-6-10/h1-4,9-11,20H,5-8H2,(H,19,21). The van der Waals surface area contributed by atoms with E-state index < -0.39 is 0 Å². The van der Waals surface area contributed by atoms with Crippen LogP contribution in [0.4, 0.5) is 0 Å². The minimum atomic E-state index is -0.226. The van der Waals surface area contributed by atoms with Gasteiger partial charge >= 0.3 is 0 Å². The fourth-order valence-electron chi connectivity index (χ4n) is 2.82. The van der Waals surface area contributed by atoms with E-state index in [2.05, 4.69) is 10.3 Å². The Morgan fingerprint density at radius 2 is 1.86 bits per heavy atom. The first-order chi connectivity index (χ1) is 10.1. The van der Waals surface area contributed by atoms with Crippen LogP contribution < -0.4 is 5.32 Å². The molecule has 0 aliphatic heterocycles. The Morgan fingerprint density at radius 3 is 2.57 bits per heavy atom. The van der Waals surface area contributed by atoms with E-state index in [4.69, 9.17) is 11.6 Å². The Labute approximate surface area is 128 Å². The van der Waals surface area contributed by atoms with E-state index in [0.717, 1.165) is 36.5 Å². The highest BCUT2D eigenvalue weighted by Gasteiger charge is 2.22. The van der Waals surface area contributed by atoms with Gasteiger partial charge < -0.3 is 10.4 Å². The highest BCUT2D eigenvalue weighted by atomic mass is 35.5. The van der Waals surface area contributed by atoms with Gasteiger partial charge in [0.2, 0.25) is 0 Å². The minimum absolute atomic E-state index is 0.121. The second-order valence-electron chi connectivity index (χ2n) is 5.49. The molecule has 1 aliphatic carbocycles. The molecule has 0 unspecified atom stereocenters. The maximum Gasteiger partial charge on any atom is 0.253 e. The summed E-state index contributed by atoms with van der Waals surface area (Å²) < 4.78 is 0. The van der Waals surface area contributed by atoms with Gasteiger partial charge in [0.15, 0.2) is 0 Å². The van der Waals surface area contributed by atoms with Gasteiger partial charge in [-0.3, -0.25) is 4.79 Å². The second kappa shape index (κ2) is 6.00. The number of rotatable bonds is 2. The molecule has 110 valence electrons. The van der Waals surface area contributed by atoms with Crippen LogP contribution in [-0.2, 0) is 0 Å². The van der Waals surface area contributed by atoms with Crippen LogP contribution in [0.1, 0.15) is 36.0 Å². The van der Waals surface area contributed by atoms with Crippen LogP contribution >= 0.6 is 11.6 Å². The molecule has 0 atom stereocenters. The van der Waals surface area contributed by atoms with Gasteiger partial charge in [-0.2, -0.15) is 0 Å². The smallest absolute Gasteiger partial charge is 0.253 e. The van der Waals surface area contributed by atoms with Crippen LogP contribution in [-0.4, -0.2) is 28.1 Å². The van der Waals surface area contributed by atoms with Gasteiger partial charge in [0.1, 0.15) is 5.15 Å². The maximum absolute atomic E-state index is 12.5. The third kappa shape index (κ3) is 3.01. The van der Waals surface area contributed by atoms with Gasteiger partial charge in [-0.15, -0.1) is 0 Å². The van der Waals surface area contributed by atoms with Crippen molar-refractivity contribution >= 4 is 28.3 Å². The lowest BCUT2D eigenvalue weighted by molar-refractivity contribution is 0.0869. The maximum atomic E-state index is 12.5. The molecule has 1 saturated carbocycles. The fraction of sp³-hybridized carbons (Fsp3) is 0.375. The van der Waals surface area contributed by atoms with Crippen LogP contribution in [0.15, 0.2) is 30.5 Å². The molecule has 5 heteroatoms. The van der Waals surface area contributed by atoms with Gasteiger partial charge in [0.25, 0.3) is 5.91 Å². The van der Waals surface area contributed by atoms with Crippen molar-refractivity contribution in [2.45, 2.75) is 37.8 Å². The number of nitrogens with one attached hydrogen (secondary N) is 1. The molecule has 21 heavy (non-hydrogen) atoms. The summed E-state index contributed by atoms with van der Waals surface area (Å²) in [5.74, 6) is -0.128. The summed E-state index contributed by atoms with van der Waals surface area (Å²) in [7, 11) is 0. The van der Waals surface area contributed by atoms with Crippen molar-refractivity contribution < 1.29 is 9.90 Å². The first kappa shape index (κ1) is 14.3. The van der Waals surface area contributed by atoms with Crippen LogP contribution in [0.5, 0.6) is 0 Å². The zero-order valence-electron chi connectivity index (χ0n) is 11.6. The number of aliphatic hydroxyl groups excluding tert-OH is 1. The number of pyridine rings is 1. The van der Waals surface area contributed by atoms with Crippen molar-refractivity contribution in [3.8, 4) is 0 Å². The Morgan fingerprint density at radius 1 is 1.19 bits per heavy atom. The molecule has 4 nitrogen and oxygen atoms in total. The topological polar surface area (TPSA) is 62.2 Å². The summed E-state index contributed by atoms with van der Waals surface area (Å²) in [6, 6.07) is 7.61. The summed E-state index contributed by atoms with van der Waals surface area (Å²) in [4.78, 5) is 16.6. The van der Waals surface area contributed by atoms with Crippen LogP contribution in [0.3, 0.4) is 0 Å². The van der Waals surface area contributed by atoms with Crippen LogP contribution in [0.25, 0.3) is 10.8 Å². The molecular formula is C16H17ClN2O2. The molecule has 1 aromatic carbocycles. The summed E-state index contributed by atoms with van der Waals surface area (Å²) in [5.41, 5.74) is 0.543. The van der Waals surface area contributed by atoms with Crippen molar-refractivity contribution in [1.82, 2.24) is 10.3 Å². The lowest BCUT2D eigenvalue weighted by atomic mass is 9.93. The molecule has 0 bridgehead atoms. The molecule has 0 radical (unpaired) electrons. The molecule has 3 rings (SSSR count). The molecular weight excluding hydrogens is 288 g/mol. The predicted octanol–water partition coefficient (Wildman–Crippen LogP) is 2.92. The van der Waals surface area contributed by atoms with Crippen molar-refractivity contribution in [3.63, 3.8) is 0 Å². The zero-order chi connectivity index (χ0) is 14.8. The van der Waals surface area contributed by atoms with Crippen LogP contribution in [0, 0.1) is 0 Å². The van der Waals surface area contributed by atoms with Crippen molar-refractivity contribution in [2.75, 3.05) is 0 Å². The largest absolute Gasteiger partial charge is 0.393 e. The molecule has 2 N–H and O–H groups in total. The second-order valence-corrected chi connectivity index (χ2v) is 5.85.